The van der Waals surface area contributed by atoms with Gasteiger partial charge < -0.3 is 5.11 Å². The lowest BCUT2D eigenvalue weighted by molar-refractivity contribution is -0.117. The minimum Gasteiger partial charge on any atom is -0.506 e. The van der Waals surface area contributed by atoms with E-state index in [9.17, 15) is 22.7 Å². The number of phenolic OH excluding ortho intramolecular Hbond substituents is 1. The van der Waals surface area contributed by atoms with Crippen LogP contribution in [0.4, 0.5) is 10.1 Å². The predicted octanol–water partition coefficient (Wildman–Crippen LogP) is 1.11. The van der Waals surface area contributed by atoms with Crippen LogP contribution >= 0.6 is 0 Å². The third-order valence-corrected chi connectivity index (χ3v) is 4.28. The molecule has 22 heavy (non-hydrogen) atoms. The van der Waals surface area contributed by atoms with Crippen molar-refractivity contribution in [3.05, 3.63) is 23.5 Å². The fraction of sp³-hybridized carbons (Fsp3) is 0.357. The molecule has 2 N–H and O–H groups in total. The molecule has 1 saturated heterocycles. The average molecular weight is 326 g/mol. The zero-order valence-corrected chi connectivity index (χ0v) is 12.9. The molecule has 0 saturated carbocycles. The van der Waals surface area contributed by atoms with Crippen molar-refractivity contribution in [1.82, 2.24) is 4.72 Å². The molecule has 1 aliphatic rings. The van der Waals surface area contributed by atoms with E-state index in [4.69, 9.17) is 0 Å². The molecule has 2 rings (SSSR count). The SMILES string of the molecule is CC(C)CC#Cc1ccc(O)c(N2CC(=O)NS2(=O)=O)c1F. The summed E-state index contributed by atoms with van der Waals surface area (Å²) in [5, 5.41) is 9.77. The van der Waals surface area contributed by atoms with Crippen molar-refractivity contribution in [3.8, 4) is 17.6 Å². The summed E-state index contributed by atoms with van der Waals surface area (Å²) in [6.45, 7) is 3.33. The van der Waals surface area contributed by atoms with Crippen LogP contribution in [-0.4, -0.2) is 26.0 Å². The first-order valence-corrected chi connectivity index (χ1v) is 8.00. The second-order valence-electron chi connectivity index (χ2n) is 5.23. The number of carbonyl (C=O) groups excluding carboxylic acids is 1. The van der Waals surface area contributed by atoms with E-state index < -0.39 is 39.9 Å². The number of hydrogen-bond donors (Lipinski definition) is 2. The van der Waals surface area contributed by atoms with E-state index >= 15 is 0 Å². The summed E-state index contributed by atoms with van der Waals surface area (Å²) in [4.78, 5) is 11.2. The Hall–Kier alpha value is -2.27. The Kier molecular flexibility index (Phi) is 4.28. The molecule has 118 valence electrons. The molecule has 0 aliphatic carbocycles. The molecule has 0 atom stereocenters. The number of aromatic hydroxyl groups is 1. The summed E-state index contributed by atoms with van der Waals surface area (Å²) in [7, 11) is -4.20. The highest BCUT2D eigenvalue weighted by atomic mass is 32.2. The fourth-order valence-corrected chi connectivity index (χ4v) is 3.05. The van der Waals surface area contributed by atoms with Gasteiger partial charge in [0.05, 0.1) is 5.56 Å². The second-order valence-corrected chi connectivity index (χ2v) is 6.83. The molecular weight excluding hydrogens is 311 g/mol. The number of nitrogens with zero attached hydrogens (tertiary/aromatic N) is 1. The highest BCUT2D eigenvalue weighted by Crippen LogP contribution is 2.34. The lowest BCUT2D eigenvalue weighted by Gasteiger charge is -2.17. The van der Waals surface area contributed by atoms with Gasteiger partial charge in [-0.25, -0.2) is 13.4 Å². The number of amides is 1. The molecule has 0 unspecified atom stereocenters. The average Bonchev–Trinajstić information content (AvgIpc) is 2.65. The lowest BCUT2D eigenvalue weighted by atomic mass is 10.1. The van der Waals surface area contributed by atoms with Crippen LogP contribution in [0.1, 0.15) is 25.8 Å². The predicted molar refractivity (Wildman–Crippen MR) is 78.8 cm³/mol. The van der Waals surface area contributed by atoms with Gasteiger partial charge in [0, 0.05) is 6.42 Å². The van der Waals surface area contributed by atoms with Crippen molar-refractivity contribution in [1.29, 1.82) is 0 Å². The first-order valence-electron chi connectivity index (χ1n) is 6.56. The van der Waals surface area contributed by atoms with E-state index in [0.717, 1.165) is 6.07 Å². The first kappa shape index (κ1) is 16.1. The van der Waals surface area contributed by atoms with Gasteiger partial charge in [-0.3, -0.25) is 4.79 Å². The van der Waals surface area contributed by atoms with Crippen LogP contribution in [0.5, 0.6) is 5.75 Å². The highest BCUT2D eigenvalue weighted by molar-refractivity contribution is 7.92. The number of nitrogens with one attached hydrogen (secondary N) is 1. The van der Waals surface area contributed by atoms with Gasteiger partial charge in [0.2, 0.25) is 0 Å². The van der Waals surface area contributed by atoms with Crippen molar-refractivity contribution < 1.29 is 22.7 Å². The van der Waals surface area contributed by atoms with Gasteiger partial charge in [0.25, 0.3) is 5.91 Å². The third-order valence-electron chi connectivity index (χ3n) is 2.90. The Bertz CT molecular complexity index is 778. The lowest BCUT2D eigenvalue weighted by Crippen LogP contribution is -2.30. The minimum atomic E-state index is -4.20. The van der Waals surface area contributed by atoms with Gasteiger partial charge in [-0.15, -0.1) is 0 Å². The largest absolute Gasteiger partial charge is 0.506 e. The van der Waals surface area contributed by atoms with E-state index in [0.29, 0.717) is 16.6 Å². The third kappa shape index (κ3) is 3.14. The fourth-order valence-electron chi connectivity index (χ4n) is 1.88. The normalized spacial score (nSPS) is 16.4. The van der Waals surface area contributed by atoms with Gasteiger partial charge in [-0.05, 0) is 18.1 Å². The molecule has 6 nitrogen and oxygen atoms in total. The molecule has 0 spiro atoms. The number of rotatable bonds is 2. The van der Waals surface area contributed by atoms with E-state index in [1.165, 1.54) is 6.07 Å². The Morgan fingerprint density at radius 1 is 1.45 bits per heavy atom. The standard InChI is InChI=1S/C14H15FN2O4S/c1-9(2)4-3-5-10-6-7-11(18)14(13(10)15)17-8-12(19)16-22(17,20)21/h6-7,9,18H,4,8H2,1-2H3,(H,16,19). The molecule has 1 aromatic carbocycles. The molecule has 0 aromatic heterocycles. The van der Waals surface area contributed by atoms with Gasteiger partial charge in [-0.1, -0.05) is 25.7 Å². The molecule has 1 aromatic rings. The first-order chi connectivity index (χ1) is 10.2. The number of hydrogen-bond acceptors (Lipinski definition) is 4. The summed E-state index contributed by atoms with van der Waals surface area (Å²) in [6.07, 6.45) is 0.553. The smallest absolute Gasteiger partial charge is 0.326 e. The Balaban J connectivity index is 2.48. The van der Waals surface area contributed by atoms with Crippen molar-refractivity contribution >= 4 is 21.8 Å². The highest BCUT2D eigenvalue weighted by Gasteiger charge is 2.37. The Labute approximate surface area is 128 Å². The van der Waals surface area contributed by atoms with Crippen LogP contribution in [-0.2, 0) is 15.0 Å². The summed E-state index contributed by atoms with van der Waals surface area (Å²) in [5.74, 6) is 3.36. The topological polar surface area (TPSA) is 86.7 Å². The van der Waals surface area contributed by atoms with Crippen LogP contribution in [0.2, 0.25) is 0 Å². The molecule has 0 bridgehead atoms. The maximum Gasteiger partial charge on any atom is 0.326 e. The van der Waals surface area contributed by atoms with Gasteiger partial charge >= 0.3 is 10.2 Å². The molecule has 1 fully saturated rings. The van der Waals surface area contributed by atoms with Crippen molar-refractivity contribution in [3.63, 3.8) is 0 Å². The molecular formula is C14H15FN2O4S. The zero-order chi connectivity index (χ0) is 16.5. The van der Waals surface area contributed by atoms with Gasteiger partial charge in [0.15, 0.2) is 5.82 Å². The summed E-state index contributed by atoms with van der Waals surface area (Å²) in [5.41, 5.74) is -0.613. The molecule has 0 radical (unpaired) electrons. The van der Waals surface area contributed by atoms with E-state index in [1.807, 2.05) is 13.8 Å². The molecule has 1 heterocycles. The Morgan fingerprint density at radius 2 is 2.14 bits per heavy atom. The maximum absolute atomic E-state index is 14.5. The molecule has 1 amide bonds. The van der Waals surface area contributed by atoms with Crippen molar-refractivity contribution in [2.24, 2.45) is 5.92 Å². The number of phenols is 1. The maximum atomic E-state index is 14.5. The number of benzene rings is 1. The monoisotopic (exact) mass is 326 g/mol. The van der Waals surface area contributed by atoms with Gasteiger partial charge in [-0.2, -0.15) is 8.42 Å². The number of carbonyl (C=O) groups is 1. The van der Waals surface area contributed by atoms with Crippen LogP contribution in [0, 0.1) is 23.6 Å². The number of halogens is 1. The van der Waals surface area contributed by atoms with E-state index in [1.54, 1.807) is 4.72 Å². The van der Waals surface area contributed by atoms with Crippen molar-refractivity contribution in [2.75, 3.05) is 10.8 Å². The van der Waals surface area contributed by atoms with Crippen LogP contribution in [0.3, 0.4) is 0 Å². The summed E-state index contributed by atoms with van der Waals surface area (Å²) in [6, 6.07) is 2.41. The molecule has 8 heteroatoms. The van der Waals surface area contributed by atoms with E-state index in [2.05, 4.69) is 11.8 Å². The summed E-state index contributed by atoms with van der Waals surface area (Å²) >= 11 is 0. The second kappa shape index (κ2) is 5.85. The van der Waals surface area contributed by atoms with E-state index in [-0.39, 0.29) is 5.56 Å². The van der Waals surface area contributed by atoms with Crippen molar-refractivity contribution in [2.45, 2.75) is 20.3 Å². The van der Waals surface area contributed by atoms with Crippen LogP contribution in [0.25, 0.3) is 0 Å². The zero-order valence-electron chi connectivity index (χ0n) is 12.1. The molecule has 1 aliphatic heterocycles. The Morgan fingerprint density at radius 3 is 2.68 bits per heavy atom. The van der Waals surface area contributed by atoms with Gasteiger partial charge in [0.1, 0.15) is 18.0 Å². The summed E-state index contributed by atoms with van der Waals surface area (Å²) < 4.78 is 40.2. The van der Waals surface area contributed by atoms with Crippen LogP contribution < -0.4 is 9.03 Å². The van der Waals surface area contributed by atoms with Crippen LogP contribution in [0.15, 0.2) is 12.1 Å². The quantitative estimate of drug-likeness (QED) is 0.797. The minimum absolute atomic E-state index is 0.0389. The number of anilines is 1.